The van der Waals surface area contributed by atoms with Crippen LogP contribution < -0.4 is 5.32 Å². The molecule has 2 amide bonds. The fraction of sp³-hybridized carbons (Fsp3) is 0.419. The molecule has 2 aliphatic carbocycles. The van der Waals surface area contributed by atoms with Crippen molar-refractivity contribution in [3.63, 3.8) is 0 Å². The van der Waals surface area contributed by atoms with Crippen molar-refractivity contribution >= 4 is 29.7 Å². The monoisotopic (exact) mass is 518 g/mol. The number of thioether (sulfide) groups is 1. The van der Waals surface area contributed by atoms with Crippen molar-refractivity contribution in [3.05, 3.63) is 87.6 Å². The SMILES string of the molecule is O=C(NCCC1=CCCCC1)c1ccc(/C=C2\SC3CCCCC3N(Cc3ccccc3F)C2=O)cc1. The van der Waals surface area contributed by atoms with Gasteiger partial charge in [0.25, 0.3) is 11.8 Å². The average Bonchev–Trinajstić information content (AvgIpc) is 2.93. The van der Waals surface area contributed by atoms with Crippen molar-refractivity contribution in [1.29, 1.82) is 0 Å². The molecule has 194 valence electrons. The molecule has 6 heteroatoms. The zero-order valence-electron chi connectivity index (χ0n) is 21.3. The number of halogens is 1. The van der Waals surface area contributed by atoms with Gasteiger partial charge >= 0.3 is 0 Å². The van der Waals surface area contributed by atoms with Crippen LogP contribution in [-0.2, 0) is 11.3 Å². The van der Waals surface area contributed by atoms with Crippen molar-refractivity contribution in [2.45, 2.75) is 75.6 Å². The molecule has 2 aromatic carbocycles. The van der Waals surface area contributed by atoms with Crippen LogP contribution in [0.3, 0.4) is 0 Å². The van der Waals surface area contributed by atoms with Gasteiger partial charge < -0.3 is 10.2 Å². The number of nitrogens with zero attached hydrogens (tertiary/aromatic N) is 1. The fourth-order valence-corrected chi connectivity index (χ4v) is 7.10. The minimum Gasteiger partial charge on any atom is -0.352 e. The van der Waals surface area contributed by atoms with Gasteiger partial charge in [0, 0.05) is 35.5 Å². The normalized spacial score (nSPS) is 22.9. The highest BCUT2D eigenvalue weighted by atomic mass is 32.2. The second-order valence-electron chi connectivity index (χ2n) is 10.3. The maximum atomic E-state index is 14.4. The molecule has 5 rings (SSSR count). The minimum atomic E-state index is -0.268. The molecule has 1 saturated carbocycles. The second kappa shape index (κ2) is 12.1. The molecule has 4 nitrogen and oxygen atoms in total. The zero-order valence-corrected chi connectivity index (χ0v) is 22.1. The predicted octanol–water partition coefficient (Wildman–Crippen LogP) is 6.87. The maximum Gasteiger partial charge on any atom is 0.260 e. The molecule has 2 atom stereocenters. The molecule has 0 spiro atoms. The lowest BCUT2D eigenvalue weighted by Gasteiger charge is -2.44. The standard InChI is InChI=1S/C31H35FN2O2S/c32-26-11-5-4-10-25(26)21-34-27-12-6-7-13-28(27)37-29(31(34)36)20-23-14-16-24(17-15-23)30(35)33-19-18-22-8-2-1-3-9-22/h4-5,8,10-11,14-17,20,27-28H,1-3,6-7,9,12-13,18-19,21H2,(H,33,35)/b29-20-. The lowest BCUT2D eigenvalue weighted by atomic mass is 9.92. The highest BCUT2D eigenvalue weighted by Gasteiger charge is 2.40. The Morgan fingerprint density at radius 1 is 1.05 bits per heavy atom. The topological polar surface area (TPSA) is 49.4 Å². The van der Waals surface area contributed by atoms with Crippen LogP contribution in [0.15, 0.2) is 65.1 Å². The summed E-state index contributed by atoms with van der Waals surface area (Å²) in [6.45, 7) is 0.947. The number of rotatable bonds is 7. The third kappa shape index (κ3) is 6.35. The lowest BCUT2D eigenvalue weighted by molar-refractivity contribution is -0.130. The van der Waals surface area contributed by atoms with Crippen LogP contribution in [0.4, 0.5) is 4.39 Å². The Morgan fingerprint density at radius 2 is 1.86 bits per heavy atom. The largest absolute Gasteiger partial charge is 0.352 e. The third-order valence-electron chi connectivity index (χ3n) is 7.70. The summed E-state index contributed by atoms with van der Waals surface area (Å²) in [5.41, 5.74) is 3.52. The van der Waals surface area contributed by atoms with E-state index >= 15 is 0 Å². The third-order valence-corrected chi connectivity index (χ3v) is 9.10. The number of benzene rings is 2. The number of hydrogen-bond acceptors (Lipinski definition) is 3. The van der Waals surface area contributed by atoms with Gasteiger partial charge in [0.1, 0.15) is 5.82 Å². The molecule has 37 heavy (non-hydrogen) atoms. The minimum absolute atomic E-state index is 0.0322. The molecule has 2 fully saturated rings. The smallest absolute Gasteiger partial charge is 0.260 e. The van der Waals surface area contributed by atoms with Crippen molar-refractivity contribution in [3.8, 4) is 0 Å². The van der Waals surface area contributed by atoms with Crippen LogP contribution in [0.1, 0.15) is 79.3 Å². The van der Waals surface area contributed by atoms with E-state index in [1.165, 1.54) is 24.5 Å². The Hall–Kier alpha value is -2.86. The summed E-state index contributed by atoms with van der Waals surface area (Å²) in [7, 11) is 0. The lowest BCUT2D eigenvalue weighted by Crippen LogP contribution is -2.50. The van der Waals surface area contributed by atoms with Gasteiger partial charge in [0.05, 0.1) is 4.91 Å². The van der Waals surface area contributed by atoms with Gasteiger partial charge in [0.15, 0.2) is 0 Å². The second-order valence-corrected chi connectivity index (χ2v) is 11.6. The Bertz CT molecular complexity index is 1190. The van der Waals surface area contributed by atoms with E-state index < -0.39 is 0 Å². The van der Waals surface area contributed by atoms with E-state index in [1.807, 2.05) is 41.3 Å². The van der Waals surface area contributed by atoms with E-state index in [1.54, 1.807) is 23.9 Å². The Labute approximate surface area is 223 Å². The molecule has 0 aromatic heterocycles. The predicted molar refractivity (Wildman–Crippen MR) is 149 cm³/mol. The van der Waals surface area contributed by atoms with Crippen molar-refractivity contribution in [1.82, 2.24) is 10.2 Å². The zero-order chi connectivity index (χ0) is 25.6. The number of amides is 2. The van der Waals surface area contributed by atoms with E-state index in [0.717, 1.165) is 50.5 Å². The number of carbonyl (C=O) groups is 2. The molecule has 0 bridgehead atoms. The Balaban J connectivity index is 1.26. The van der Waals surface area contributed by atoms with Crippen LogP contribution >= 0.6 is 11.8 Å². The molecule has 1 heterocycles. The van der Waals surface area contributed by atoms with Crippen LogP contribution in [-0.4, -0.2) is 34.6 Å². The quantitative estimate of drug-likeness (QED) is 0.321. The Morgan fingerprint density at radius 3 is 2.65 bits per heavy atom. The van der Waals surface area contributed by atoms with Crippen molar-refractivity contribution in [2.75, 3.05) is 6.54 Å². The first-order valence-corrected chi connectivity index (χ1v) is 14.5. The molecular weight excluding hydrogens is 483 g/mol. The molecule has 2 aromatic rings. The molecule has 3 aliphatic rings. The Kier molecular flexibility index (Phi) is 8.45. The fourth-order valence-electron chi connectivity index (χ4n) is 5.62. The van der Waals surface area contributed by atoms with E-state index in [4.69, 9.17) is 0 Å². The summed E-state index contributed by atoms with van der Waals surface area (Å²) in [4.78, 5) is 28.7. The molecule has 1 aliphatic heterocycles. The van der Waals surface area contributed by atoms with Gasteiger partial charge in [-0.3, -0.25) is 9.59 Å². The summed E-state index contributed by atoms with van der Waals surface area (Å²) < 4.78 is 14.4. The molecule has 1 N–H and O–H groups in total. The summed E-state index contributed by atoms with van der Waals surface area (Å²) in [6.07, 6.45) is 14.3. The summed E-state index contributed by atoms with van der Waals surface area (Å²) in [5, 5.41) is 3.36. The highest BCUT2D eigenvalue weighted by Crippen LogP contribution is 2.42. The van der Waals surface area contributed by atoms with Gasteiger partial charge in [-0.25, -0.2) is 4.39 Å². The summed E-state index contributed by atoms with van der Waals surface area (Å²) >= 11 is 1.66. The van der Waals surface area contributed by atoms with Gasteiger partial charge in [-0.2, -0.15) is 0 Å². The number of hydrogen-bond donors (Lipinski definition) is 1. The average molecular weight is 519 g/mol. The molecule has 2 unspecified atom stereocenters. The number of allylic oxidation sites excluding steroid dienone is 1. The molecule has 0 radical (unpaired) electrons. The summed E-state index contributed by atoms with van der Waals surface area (Å²) in [5.74, 6) is -0.370. The van der Waals surface area contributed by atoms with E-state index in [9.17, 15) is 14.0 Å². The van der Waals surface area contributed by atoms with Gasteiger partial charge in [-0.05, 0) is 74.8 Å². The van der Waals surface area contributed by atoms with Gasteiger partial charge in [-0.15, -0.1) is 11.8 Å². The van der Waals surface area contributed by atoms with E-state index in [-0.39, 0.29) is 23.7 Å². The molecule has 1 saturated heterocycles. The van der Waals surface area contributed by atoms with Crippen LogP contribution in [0.2, 0.25) is 0 Å². The van der Waals surface area contributed by atoms with Gasteiger partial charge in [0.2, 0.25) is 0 Å². The van der Waals surface area contributed by atoms with Crippen LogP contribution in [0.5, 0.6) is 0 Å². The first-order valence-electron chi connectivity index (χ1n) is 13.6. The van der Waals surface area contributed by atoms with Crippen LogP contribution in [0, 0.1) is 5.82 Å². The van der Waals surface area contributed by atoms with Gasteiger partial charge in [-0.1, -0.05) is 54.8 Å². The molecular formula is C31H35FN2O2S. The first-order chi connectivity index (χ1) is 18.1. The van der Waals surface area contributed by atoms with Crippen LogP contribution in [0.25, 0.3) is 6.08 Å². The van der Waals surface area contributed by atoms with Crippen molar-refractivity contribution < 1.29 is 14.0 Å². The number of carbonyl (C=O) groups excluding carboxylic acids is 2. The maximum absolute atomic E-state index is 14.4. The highest BCUT2D eigenvalue weighted by molar-refractivity contribution is 8.04. The van der Waals surface area contributed by atoms with E-state index in [2.05, 4.69) is 11.4 Å². The van der Waals surface area contributed by atoms with Crippen molar-refractivity contribution in [2.24, 2.45) is 0 Å². The van der Waals surface area contributed by atoms with E-state index in [0.29, 0.717) is 34.4 Å². The summed E-state index contributed by atoms with van der Waals surface area (Å²) in [6, 6.07) is 14.3. The number of fused-ring (bicyclic) bond motifs is 1. The number of nitrogens with one attached hydrogen (secondary N) is 1. The first kappa shape index (κ1) is 25.8.